The number of aliphatic hydroxyl groups is 1. The molecule has 0 radical (unpaired) electrons. The maximum Gasteiger partial charge on any atom is 0.256 e. The minimum absolute atomic E-state index is 0.0394. The molecule has 18 heavy (non-hydrogen) atoms. The minimum Gasteiger partial charge on any atom is -0.497 e. The standard InChI is InChI=1S/C13H17NO4/c1-9-12(18-9)13(16)14(8-15)7-10-3-5-11(17-2)6-4-10/h3-6,9,12,15H,7-8H2,1-2H3/t9-,12-/m1/s1. The van der Waals surface area contributed by atoms with Crippen molar-refractivity contribution in [3.05, 3.63) is 29.8 Å². The highest BCUT2D eigenvalue weighted by molar-refractivity contribution is 5.83. The third-order valence-corrected chi connectivity index (χ3v) is 2.97. The number of aliphatic hydroxyl groups excluding tert-OH is 1. The second-order valence-electron chi connectivity index (χ2n) is 4.29. The molecule has 1 amide bonds. The zero-order valence-corrected chi connectivity index (χ0v) is 10.5. The summed E-state index contributed by atoms with van der Waals surface area (Å²) in [6, 6.07) is 7.38. The lowest BCUT2D eigenvalue weighted by molar-refractivity contribution is -0.136. The molecule has 0 spiro atoms. The van der Waals surface area contributed by atoms with E-state index in [0.29, 0.717) is 6.54 Å². The molecule has 1 heterocycles. The molecular formula is C13H17NO4. The lowest BCUT2D eigenvalue weighted by Crippen LogP contribution is -2.35. The van der Waals surface area contributed by atoms with Crippen molar-refractivity contribution >= 4 is 5.91 Å². The van der Waals surface area contributed by atoms with Crippen LogP contribution in [0.15, 0.2) is 24.3 Å². The van der Waals surface area contributed by atoms with Gasteiger partial charge in [0.1, 0.15) is 12.5 Å². The zero-order chi connectivity index (χ0) is 13.1. The zero-order valence-electron chi connectivity index (χ0n) is 10.5. The normalized spacial score (nSPS) is 21.5. The maximum atomic E-state index is 11.9. The fourth-order valence-corrected chi connectivity index (χ4v) is 1.77. The van der Waals surface area contributed by atoms with Crippen molar-refractivity contribution in [2.45, 2.75) is 25.7 Å². The topological polar surface area (TPSA) is 62.3 Å². The molecule has 1 fully saturated rings. The van der Waals surface area contributed by atoms with Crippen LogP contribution >= 0.6 is 0 Å². The number of rotatable bonds is 5. The Morgan fingerprint density at radius 1 is 1.44 bits per heavy atom. The number of benzene rings is 1. The Balaban J connectivity index is 1.98. The Kier molecular flexibility index (Phi) is 3.84. The van der Waals surface area contributed by atoms with Crippen LogP contribution in [0.3, 0.4) is 0 Å². The molecular weight excluding hydrogens is 234 g/mol. The SMILES string of the molecule is COc1ccc(CN(CO)C(=O)[C@@H]2O[C@@H]2C)cc1. The van der Waals surface area contributed by atoms with E-state index in [0.717, 1.165) is 11.3 Å². The lowest BCUT2D eigenvalue weighted by Gasteiger charge is -2.19. The molecule has 2 rings (SSSR count). The van der Waals surface area contributed by atoms with E-state index in [9.17, 15) is 9.90 Å². The van der Waals surface area contributed by atoms with Crippen LogP contribution in [-0.4, -0.2) is 42.0 Å². The van der Waals surface area contributed by atoms with Gasteiger partial charge in [-0.05, 0) is 24.6 Å². The van der Waals surface area contributed by atoms with Gasteiger partial charge in [0.25, 0.3) is 5.91 Å². The van der Waals surface area contributed by atoms with Gasteiger partial charge in [-0.3, -0.25) is 4.79 Å². The van der Waals surface area contributed by atoms with Crippen molar-refractivity contribution in [2.75, 3.05) is 13.8 Å². The Bertz CT molecular complexity index is 418. The van der Waals surface area contributed by atoms with Crippen molar-refractivity contribution in [2.24, 2.45) is 0 Å². The summed E-state index contributed by atoms with van der Waals surface area (Å²) < 4.78 is 10.2. The summed E-state index contributed by atoms with van der Waals surface area (Å²) in [5.41, 5.74) is 0.937. The first-order valence-corrected chi connectivity index (χ1v) is 5.83. The van der Waals surface area contributed by atoms with Gasteiger partial charge >= 0.3 is 0 Å². The molecule has 0 saturated carbocycles. The van der Waals surface area contributed by atoms with Gasteiger partial charge in [-0.2, -0.15) is 0 Å². The Morgan fingerprint density at radius 3 is 2.50 bits per heavy atom. The molecule has 1 aliphatic rings. The van der Waals surface area contributed by atoms with Crippen molar-refractivity contribution in [1.29, 1.82) is 0 Å². The molecule has 2 atom stereocenters. The molecule has 0 aliphatic carbocycles. The average Bonchev–Trinajstić information content (AvgIpc) is 3.13. The van der Waals surface area contributed by atoms with E-state index in [1.807, 2.05) is 31.2 Å². The van der Waals surface area contributed by atoms with Crippen LogP contribution in [0.4, 0.5) is 0 Å². The number of carbonyl (C=O) groups excluding carboxylic acids is 1. The second-order valence-corrected chi connectivity index (χ2v) is 4.29. The number of amides is 1. The highest BCUT2D eigenvalue weighted by Crippen LogP contribution is 2.24. The molecule has 1 aromatic rings. The summed E-state index contributed by atoms with van der Waals surface area (Å²) in [6.07, 6.45) is -0.433. The van der Waals surface area contributed by atoms with Crippen molar-refractivity contribution in [3.8, 4) is 5.75 Å². The molecule has 0 aromatic heterocycles. The van der Waals surface area contributed by atoms with Gasteiger partial charge in [-0.25, -0.2) is 0 Å². The van der Waals surface area contributed by atoms with Gasteiger partial charge in [-0.15, -0.1) is 0 Å². The van der Waals surface area contributed by atoms with E-state index in [1.54, 1.807) is 7.11 Å². The third kappa shape index (κ3) is 2.80. The van der Waals surface area contributed by atoms with E-state index in [1.165, 1.54) is 4.90 Å². The highest BCUT2D eigenvalue weighted by Gasteiger charge is 2.43. The molecule has 1 N–H and O–H groups in total. The van der Waals surface area contributed by atoms with Gasteiger partial charge in [-0.1, -0.05) is 12.1 Å². The number of epoxide rings is 1. The van der Waals surface area contributed by atoms with Crippen LogP contribution in [0, 0.1) is 0 Å². The Labute approximate surface area is 106 Å². The van der Waals surface area contributed by atoms with Crippen LogP contribution < -0.4 is 4.74 Å². The van der Waals surface area contributed by atoms with E-state index in [-0.39, 0.29) is 18.7 Å². The molecule has 0 unspecified atom stereocenters. The summed E-state index contributed by atoms with van der Waals surface area (Å²) in [5, 5.41) is 9.25. The number of ether oxygens (including phenoxy) is 2. The number of carbonyl (C=O) groups is 1. The second kappa shape index (κ2) is 5.37. The van der Waals surface area contributed by atoms with Crippen LogP contribution in [0.5, 0.6) is 5.75 Å². The van der Waals surface area contributed by atoms with Crippen LogP contribution in [0.25, 0.3) is 0 Å². The predicted octanol–water partition coefficient (Wildman–Crippen LogP) is 0.761. The molecule has 5 heteroatoms. The summed E-state index contributed by atoms with van der Waals surface area (Å²) in [7, 11) is 1.60. The van der Waals surface area contributed by atoms with Crippen LogP contribution in [0.2, 0.25) is 0 Å². The van der Waals surface area contributed by atoms with Crippen molar-refractivity contribution in [3.63, 3.8) is 0 Å². The van der Waals surface area contributed by atoms with Crippen molar-refractivity contribution < 1.29 is 19.4 Å². The molecule has 98 valence electrons. The number of hydrogen-bond donors (Lipinski definition) is 1. The van der Waals surface area contributed by atoms with Gasteiger partial charge in [0.2, 0.25) is 0 Å². The minimum atomic E-state index is -0.393. The first-order valence-electron chi connectivity index (χ1n) is 5.83. The molecule has 5 nitrogen and oxygen atoms in total. The maximum absolute atomic E-state index is 11.9. The van der Waals surface area contributed by atoms with E-state index < -0.39 is 6.10 Å². The van der Waals surface area contributed by atoms with Gasteiger partial charge in [0.15, 0.2) is 6.10 Å². The van der Waals surface area contributed by atoms with Gasteiger partial charge in [0.05, 0.1) is 13.2 Å². The fraction of sp³-hybridized carbons (Fsp3) is 0.462. The summed E-state index contributed by atoms with van der Waals surface area (Å²) >= 11 is 0. The van der Waals surface area contributed by atoms with E-state index in [4.69, 9.17) is 9.47 Å². The number of hydrogen-bond acceptors (Lipinski definition) is 4. The monoisotopic (exact) mass is 251 g/mol. The Morgan fingerprint density at radius 2 is 2.06 bits per heavy atom. The lowest BCUT2D eigenvalue weighted by atomic mass is 10.2. The van der Waals surface area contributed by atoms with Gasteiger partial charge < -0.3 is 19.5 Å². The third-order valence-electron chi connectivity index (χ3n) is 2.97. The van der Waals surface area contributed by atoms with Gasteiger partial charge in [0, 0.05) is 6.54 Å². The van der Waals surface area contributed by atoms with Crippen LogP contribution in [-0.2, 0) is 16.1 Å². The first kappa shape index (κ1) is 12.9. The molecule has 1 aromatic carbocycles. The van der Waals surface area contributed by atoms with E-state index >= 15 is 0 Å². The first-order chi connectivity index (χ1) is 8.65. The predicted molar refractivity (Wildman–Crippen MR) is 65.0 cm³/mol. The Hall–Kier alpha value is -1.59. The number of methoxy groups -OCH3 is 1. The quantitative estimate of drug-likeness (QED) is 0.620. The summed E-state index contributed by atoms with van der Waals surface area (Å²) in [6.45, 7) is 1.90. The van der Waals surface area contributed by atoms with E-state index in [2.05, 4.69) is 0 Å². The summed E-state index contributed by atoms with van der Waals surface area (Å²) in [5.74, 6) is 0.598. The largest absolute Gasteiger partial charge is 0.497 e. The fourth-order valence-electron chi connectivity index (χ4n) is 1.77. The molecule has 1 saturated heterocycles. The number of nitrogens with zero attached hydrogens (tertiary/aromatic N) is 1. The molecule has 0 bridgehead atoms. The summed E-state index contributed by atoms with van der Waals surface area (Å²) in [4.78, 5) is 13.3. The van der Waals surface area contributed by atoms with Crippen molar-refractivity contribution in [1.82, 2.24) is 4.90 Å². The molecule has 1 aliphatic heterocycles. The van der Waals surface area contributed by atoms with Crippen LogP contribution in [0.1, 0.15) is 12.5 Å². The average molecular weight is 251 g/mol. The smallest absolute Gasteiger partial charge is 0.256 e. The highest BCUT2D eigenvalue weighted by atomic mass is 16.6.